The van der Waals surface area contributed by atoms with Crippen LogP contribution in [-0.2, 0) is 9.47 Å². The molecule has 0 spiro atoms. The molecule has 2 saturated carbocycles. The summed E-state index contributed by atoms with van der Waals surface area (Å²) in [5.74, 6) is 1.65. The average molecular weight is 504 g/mol. The largest absolute Gasteiger partial charge is 0.508 e. The quantitative estimate of drug-likeness (QED) is 0.369. The molecule has 1 aliphatic heterocycles. The second-order valence-electron chi connectivity index (χ2n) is 11.6. The van der Waals surface area contributed by atoms with E-state index in [1.165, 1.54) is 86.5 Å². The van der Waals surface area contributed by atoms with E-state index in [-0.39, 0.29) is 18.1 Å². The lowest BCUT2D eigenvalue weighted by Gasteiger charge is -2.27. The van der Waals surface area contributed by atoms with Crippen LogP contribution in [0.25, 0.3) is 0 Å². The van der Waals surface area contributed by atoms with E-state index in [1.807, 2.05) is 6.92 Å². The van der Waals surface area contributed by atoms with Gasteiger partial charge in [0.2, 0.25) is 0 Å². The lowest BCUT2D eigenvalue weighted by Crippen LogP contribution is -2.29. The minimum absolute atomic E-state index is 0.153. The van der Waals surface area contributed by atoms with Crippen LogP contribution in [-0.4, -0.2) is 31.5 Å². The number of carbonyl (C=O) groups excluding carboxylic acids is 1. The monoisotopic (exact) mass is 503 g/mol. The van der Waals surface area contributed by atoms with Gasteiger partial charge in [-0.15, -0.1) is 0 Å². The van der Waals surface area contributed by atoms with E-state index in [2.05, 4.69) is 53.8 Å². The molecule has 1 heterocycles. The number of carbonyl (C=O) groups is 1. The highest BCUT2D eigenvalue weighted by Crippen LogP contribution is 2.38. The highest BCUT2D eigenvalue weighted by atomic mass is 16.7. The fourth-order valence-corrected chi connectivity index (χ4v) is 6.91. The van der Waals surface area contributed by atoms with Crippen LogP contribution >= 0.6 is 0 Å². The number of ether oxygens (including phenoxy) is 2. The van der Waals surface area contributed by atoms with Crippen molar-refractivity contribution >= 4 is 6.16 Å². The van der Waals surface area contributed by atoms with Crippen molar-refractivity contribution in [1.29, 1.82) is 0 Å². The van der Waals surface area contributed by atoms with Gasteiger partial charge in [0.05, 0.1) is 6.61 Å². The first kappa shape index (κ1) is 26.3. The molecule has 0 radical (unpaired) electrons. The van der Waals surface area contributed by atoms with Gasteiger partial charge < -0.3 is 14.8 Å². The van der Waals surface area contributed by atoms with Gasteiger partial charge in [-0.25, -0.2) is 4.79 Å². The molecule has 1 N–H and O–H groups in total. The third kappa shape index (κ3) is 6.76. The van der Waals surface area contributed by atoms with Gasteiger partial charge in [-0.05, 0) is 66.2 Å². The Hall–Kier alpha value is -2.33. The van der Waals surface area contributed by atoms with E-state index in [9.17, 15) is 4.79 Å². The zero-order valence-electron chi connectivity index (χ0n) is 22.6. The van der Waals surface area contributed by atoms with Gasteiger partial charge in [-0.2, -0.15) is 0 Å². The van der Waals surface area contributed by atoms with Crippen molar-refractivity contribution in [2.45, 2.75) is 114 Å². The van der Waals surface area contributed by atoms with Crippen molar-refractivity contribution in [2.75, 3.05) is 13.2 Å². The Kier molecular flexibility index (Phi) is 9.20. The second-order valence-corrected chi connectivity index (χ2v) is 11.6. The van der Waals surface area contributed by atoms with E-state index in [1.54, 1.807) is 0 Å². The van der Waals surface area contributed by atoms with E-state index >= 15 is 0 Å². The molecule has 37 heavy (non-hydrogen) atoms. The van der Waals surface area contributed by atoms with Crippen molar-refractivity contribution in [3.63, 3.8) is 0 Å². The van der Waals surface area contributed by atoms with E-state index in [4.69, 9.17) is 9.47 Å². The first-order chi connectivity index (χ1) is 18.2. The Morgan fingerprint density at radius 2 is 1.32 bits per heavy atom. The normalized spacial score (nSPS) is 23.3. The highest BCUT2D eigenvalue weighted by Gasteiger charge is 2.35. The van der Waals surface area contributed by atoms with E-state index in [0.717, 1.165) is 12.8 Å². The number of benzene rings is 2. The van der Waals surface area contributed by atoms with Crippen LogP contribution < -0.4 is 5.32 Å². The van der Waals surface area contributed by atoms with Crippen LogP contribution in [0.2, 0.25) is 0 Å². The minimum Gasteiger partial charge on any atom is -0.434 e. The van der Waals surface area contributed by atoms with Crippen molar-refractivity contribution < 1.29 is 14.3 Å². The number of hydrogen-bond donors (Lipinski definition) is 1. The molecular formula is C33H45NO3. The van der Waals surface area contributed by atoms with Crippen LogP contribution in [0.15, 0.2) is 48.5 Å². The summed E-state index contributed by atoms with van der Waals surface area (Å²) in [4.78, 5) is 12.1. The summed E-state index contributed by atoms with van der Waals surface area (Å²) < 4.78 is 10.8. The lowest BCUT2D eigenvalue weighted by molar-refractivity contribution is 0.0289. The summed E-state index contributed by atoms with van der Waals surface area (Å²) in [6.45, 7) is 3.07. The Morgan fingerprint density at radius 3 is 1.81 bits per heavy atom. The summed E-state index contributed by atoms with van der Waals surface area (Å²) in [7, 11) is 0. The van der Waals surface area contributed by atoms with Gasteiger partial charge in [0.15, 0.2) is 0 Å². The van der Waals surface area contributed by atoms with E-state index < -0.39 is 6.16 Å². The molecule has 3 fully saturated rings. The third-order valence-corrected chi connectivity index (χ3v) is 8.96. The molecule has 1 saturated heterocycles. The Labute approximate surface area is 223 Å². The zero-order valence-corrected chi connectivity index (χ0v) is 22.6. The molecule has 5 rings (SSSR count). The molecule has 4 nitrogen and oxygen atoms in total. The fourth-order valence-electron chi connectivity index (χ4n) is 6.91. The molecule has 0 bridgehead atoms. The minimum atomic E-state index is -0.542. The first-order valence-corrected chi connectivity index (χ1v) is 15.0. The maximum absolute atomic E-state index is 12.1. The molecule has 4 heteroatoms. The molecule has 0 aromatic heterocycles. The van der Waals surface area contributed by atoms with Gasteiger partial charge in [0.1, 0.15) is 6.10 Å². The maximum Gasteiger partial charge on any atom is 0.508 e. The Bertz CT molecular complexity index is 912. The zero-order chi connectivity index (χ0) is 25.5. The molecule has 2 aromatic rings. The van der Waals surface area contributed by atoms with Crippen LogP contribution in [0, 0.1) is 0 Å². The summed E-state index contributed by atoms with van der Waals surface area (Å²) >= 11 is 0. The van der Waals surface area contributed by atoms with Gasteiger partial charge in [-0.1, -0.05) is 94.0 Å². The van der Waals surface area contributed by atoms with E-state index in [0.29, 0.717) is 25.0 Å². The predicted octanol–water partition coefficient (Wildman–Crippen LogP) is 8.21. The standard InChI is InChI=1S/C33H45NO3/c1-2-21-36-33(35)37-30-22-31(34-23-30)32(28-17-13-26(14-18-28)24-9-5-3-6-10-24)29-19-15-27(16-20-29)25-11-7-4-8-12-25/h13-20,24-25,30-32,34H,2-12,21-23H2,1H3/t30-,31-/m1/s1. The van der Waals surface area contributed by atoms with Crippen molar-refractivity contribution in [2.24, 2.45) is 0 Å². The Morgan fingerprint density at radius 1 is 0.811 bits per heavy atom. The van der Waals surface area contributed by atoms with Crippen LogP contribution in [0.3, 0.4) is 0 Å². The summed E-state index contributed by atoms with van der Waals surface area (Å²) in [5.41, 5.74) is 5.68. The number of hydrogen-bond acceptors (Lipinski definition) is 4. The van der Waals surface area contributed by atoms with Crippen molar-refractivity contribution in [3.05, 3.63) is 70.8 Å². The molecule has 0 amide bonds. The van der Waals surface area contributed by atoms with Gasteiger partial charge >= 0.3 is 6.16 Å². The lowest BCUT2D eigenvalue weighted by atomic mass is 9.79. The SMILES string of the molecule is CCCOC(=O)O[C@H]1CN[C@@H](C(c2ccc(C3CCCCC3)cc2)c2ccc(C3CCCCC3)cc2)C1. The molecule has 2 aliphatic carbocycles. The molecule has 200 valence electrons. The van der Waals surface area contributed by atoms with Crippen molar-refractivity contribution in [3.8, 4) is 0 Å². The fraction of sp³-hybridized carbons (Fsp3) is 0.606. The summed E-state index contributed by atoms with van der Waals surface area (Å²) in [6.07, 6.45) is 14.4. The average Bonchev–Trinajstić information content (AvgIpc) is 3.41. The molecular weight excluding hydrogens is 458 g/mol. The van der Waals surface area contributed by atoms with Crippen LogP contribution in [0.1, 0.15) is 124 Å². The molecule has 3 aliphatic rings. The molecule has 2 aromatic carbocycles. The molecule has 0 unspecified atom stereocenters. The van der Waals surface area contributed by atoms with Gasteiger partial charge in [-0.3, -0.25) is 0 Å². The summed E-state index contributed by atoms with van der Waals surface area (Å²) in [6, 6.07) is 19.1. The van der Waals surface area contributed by atoms with Crippen molar-refractivity contribution in [1.82, 2.24) is 5.32 Å². The van der Waals surface area contributed by atoms with Gasteiger partial charge in [0.25, 0.3) is 0 Å². The van der Waals surface area contributed by atoms with Gasteiger partial charge in [0, 0.05) is 24.9 Å². The highest BCUT2D eigenvalue weighted by molar-refractivity contribution is 5.60. The first-order valence-electron chi connectivity index (χ1n) is 15.0. The predicted molar refractivity (Wildman–Crippen MR) is 149 cm³/mol. The Balaban J connectivity index is 1.34. The second kappa shape index (κ2) is 13.0. The molecule has 2 atom stereocenters. The van der Waals surface area contributed by atoms with Crippen LogP contribution in [0.4, 0.5) is 4.79 Å². The maximum atomic E-state index is 12.1. The van der Waals surface area contributed by atoms with Crippen LogP contribution in [0.5, 0.6) is 0 Å². The summed E-state index contributed by atoms with van der Waals surface area (Å²) in [5, 5.41) is 3.69. The third-order valence-electron chi connectivity index (χ3n) is 8.96. The topological polar surface area (TPSA) is 47.6 Å². The number of rotatable bonds is 8. The smallest absolute Gasteiger partial charge is 0.434 e. The number of nitrogens with one attached hydrogen (secondary N) is 1.